The van der Waals surface area contributed by atoms with Crippen molar-refractivity contribution in [2.24, 2.45) is 0 Å². The van der Waals surface area contributed by atoms with E-state index in [9.17, 15) is 8.42 Å². The number of ether oxygens (including phenoxy) is 1. The summed E-state index contributed by atoms with van der Waals surface area (Å²) in [5.74, 6) is -0.344. The molecule has 84 valence electrons. The number of likely N-dealkylation sites (tertiary alicyclic amines) is 1. The van der Waals surface area contributed by atoms with Crippen molar-refractivity contribution in [1.82, 2.24) is 4.90 Å². The van der Waals surface area contributed by atoms with Gasteiger partial charge in [-0.2, -0.15) is 8.42 Å². The van der Waals surface area contributed by atoms with Crippen molar-refractivity contribution in [3.05, 3.63) is 0 Å². The van der Waals surface area contributed by atoms with Gasteiger partial charge in [0.2, 0.25) is 0 Å². The molecule has 1 atom stereocenters. The van der Waals surface area contributed by atoms with Crippen LogP contribution in [0, 0.1) is 0 Å². The van der Waals surface area contributed by atoms with Crippen LogP contribution >= 0.6 is 0 Å². The Hall–Kier alpha value is -0.170. The fourth-order valence-corrected chi connectivity index (χ4v) is 2.42. The summed E-state index contributed by atoms with van der Waals surface area (Å²) in [6, 6.07) is 0. The zero-order valence-electron chi connectivity index (χ0n) is 8.35. The van der Waals surface area contributed by atoms with Crippen LogP contribution in [0.15, 0.2) is 0 Å². The summed E-state index contributed by atoms with van der Waals surface area (Å²) < 4.78 is 35.2. The Bertz CT molecular complexity index is 259. The van der Waals surface area contributed by atoms with Crippen molar-refractivity contribution in [2.75, 3.05) is 26.0 Å². The molecule has 0 aromatic carbocycles. The molecule has 1 aliphatic rings. The summed E-state index contributed by atoms with van der Waals surface area (Å²) in [6.07, 6.45) is 2.79. The van der Waals surface area contributed by atoms with Gasteiger partial charge in [0, 0.05) is 20.2 Å². The molecular formula is C8H17NO4S. The zero-order valence-corrected chi connectivity index (χ0v) is 9.16. The number of hydrogen-bond donors (Lipinski definition) is 1. The first kappa shape index (κ1) is 11.9. The molecule has 1 N–H and O–H groups in total. The second kappa shape index (κ2) is 5.06. The lowest BCUT2D eigenvalue weighted by molar-refractivity contribution is -0.0263. The summed E-state index contributed by atoms with van der Waals surface area (Å²) in [5.41, 5.74) is 0. The third-order valence-corrected chi connectivity index (χ3v) is 3.13. The Morgan fingerprint density at radius 1 is 1.36 bits per heavy atom. The highest BCUT2D eigenvalue weighted by Gasteiger charge is 2.24. The number of piperidine rings is 1. The molecule has 1 saturated heterocycles. The number of methoxy groups -OCH3 is 1. The summed E-state index contributed by atoms with van der Waals surface area (Å²) >= 11 is 0. The van der Waals surface area contributed by atoms with Crippen LogP contribution < -0.4 is 0 Å². The molecule has 0 spiro atoms. The molecule has 1 heterocycles. The topological polar surface area (TPSA) is 66.8 Å². The predicted octanol–water partition coefficient (Wildman–Crippen LogP) is 0.333. The molecule has 0 saturated carbocycles. The maximum absolute atomic E-state index is 10.7. The van der Waals surface area contributed by atoms with Gasteiger partial charge in [-0.05, 0) is 12.8 Å². The molecule has 1 unspecified atom stereocenters. The van der Waals surface area contributed by atoms with Gasteiger partial charge in [-0.3, -0.25) is 9.45 Å². The third kappa shape index (κ3) is 3.91. The Morgan fingerprint density at radius 2 is 1.93 bits per heavy atom. The third-order valence-electron chi connectivity index (χ3n) is 2.42. The van der Waals surface area contributed by atoms with Gasteiger partial charge in [-0.15, -0.1) is 0 Å². The minimum atomic E-state index is -3.95. The van der Waals surface area contributed by atoms with E-state index in [0.29, 0.717) is 0 Å². The molecule has 6 heteroatoms. The first-order chi connectivity index (χ1) is 6.53. The molecule has 14 heavy (non-hydrogen) atoms. The monoisotopic (exact) mass is 223 g/mol. The molecule has 1 rings (SSSR count). The summed E-state index contributed by atoms with van der Waals surface area (Å²) in [5, 5.41) is 0. The van der Waals surface area contributed by atoms with Gasteiger partial charge >= 0.3 is 0 Å². The second-order valence-electron chi connectivity index (χ2n) is 3.54. The lowest BCUT2D eigenvalue weighted by atomic mass is 10.1. The average Bonchev–Trinajstić information content (AvgIpc) is 2.14. The Balaban J connectivity index is 2.52. The van der Waals surface area contributed by atoms with E-state index >= 15 is 0 Å². The maximum Gasteiger partial charge on any atom is 0.268 e. The van der Waals surface area contributed by atoms with Crippen LogP contribution in [0.1, 0.15) is 19.3 Å². The van der Waals surface area contributed by atoms with E-state index in [2.05, 4.69) is 0 Å². The molecule has 0 aliphatic carbocycles. The molecule has 1 aliphatic heterocycles. The van der Waals surface area contributed by atoms with E-state index in [0.717, 1.165) is 25.9 Å². The molecule has 0 bridgehead atoms. The highest BCUT2D eigenvalue weighted by molar-refractivity contribution is 7.85. The lowest BCUT2D eigenvalue weighted by Crippen LogP contribution is -2.44. The van der Waals surface area contributed by atoms with Gasteiger partial charge in [0.15, 0.2) is 0 Å². The molecule has 0 aromatic rings. The van der Waals surface area contributed by atoms with Gasteiger partial charge in [0.1, 0.15) is 12.0 Å². The minimum Gasteiger partial charge on any atom is -0.365 e. The Kier molecular flexibility index (Phi) is 4.31. The quantitative estimate of drug-likeness (QED) is 0.696. The van der Waals surface area contributed by atoms with E-state index in [1.54, 1.807) is 0 Å². The average molecular weight is 223 g/mol. The molecule has 0 amide bonds. The van der Waals surface area contributed by atoms with Gasteiger partial charge in [-0.1, -0.05) is 6.42 Å². The van der Waals surface area contributed by atoms with Crippen molar-refractivity contribution in [3.8, 4) is 0 Å². The van der Waals surface area contributed by atoms with E-state index in [4.69, 9.17) is 9.29 Å². The largest absolute Gasteiger partial charge is 0.365 e. The second-order valence-corrected chi connectivity index (χ2v) is 5.03. The van der Waals surface area contributed by atoms with E-state index in [1.807, 2.05) is 4.90 Å². The SMILES string of the molecule is COC(CS(=O)(=O)O)N1CCCCC1. The summed E-state index contributed by atoms with van der Waals surface area (Å²) in [6.45, 7) is 1.68. The minimum absolute atomic E-state index is 0.344. The van der Waals surface area contributed by atoms with Crippen LogP contribution in [0.4, 0.5) is 0 Å². The number of nitrogens with zero attached hydrogens (tertiary/aromatic N) is 1. The van der Waals surface area contributed by atoms with Crippen LogP contribution in [0.2, 0.25) is 0 Å². The van der Waals surface area contributed by atoms with Crippen molar-refractivity contribution >= 4 is 10.1 Å². The van der Waals surface area contributed by atoms with Crippen molar-refractivity contribution in [3.63, 3.8) is 0 Å². The molecular weight excluding hydrogens is 206 g/mol. The predicted molar refractivity (Wildman–Crippen MR) is 52.6 cm³/mol. The molecule has 0 radical (unpaired) electrons. The van der Waals surface area contributed by atoms with Crippen molar-refractivity contribution < 1.29 is 17.7 Å². The Morgan fingerprint density at radius 3 is 2.36 bits per heavy atom. The standard InChI is InChI=1S/C8H17NO4S/c1-13-8(7-14(10,11)12)9-5-3-2-4-6-9/h8H,2-7H2,1H3,(H,10,11,12). The van der Waals surface area contributed by atoms with Crippen molar-refractivity contribution in [2.45, 2.75) is 25.5 Å². The zero-order chi connectivity index (χ0) is 10.6. The highest BCUT2D eigenvalue weighted by Crippen LogP contribution is 2.13. The summed E-state index contributed by atoms with van der Waals surface area (Å²) in [7, 11) is -2.49. The van der Waals surface area contributed by atoms with Crippen LogP contribution in [0.25, 0.3) is 0 Å². The number of hydrogen-bond acceptors (Lipinski definition) is 4. The van der Waals surface area contributed by atoms with Crippen LogP contribution in [-0.2, 0) is 14.9 Å². The van der Waals surface area contributed by atoms with E-state index in [-0.39, 0.29) is 5.75 Å². The fourth-order valence-electron chi connectivity index (χ4n) is 1.71. The van der Waals surface area contributed by atoms with Gasteiger partial charge in [0.05, 0.1) is 0 Å². The normalized spacial score (nSPS) is 22.1. The van der Waals surface area contributed by atoms with Crippen LogP contribution in [-0.4, -0.2) is 50.1 Å². The first-order valence-electron chi connectivity index (χ1n) is 4.75. The summed E-state index contributed by atoms with van der Waals surface area (Å²) in [4.78, 5) is 1.96. The first-order valence-corrected chi connectivity index (χ1v) is 6.36. The molecule has 1 fully saturated rings. The molecule has 0 aromatic heterocycles. The number of rotatable bonds is 4. The fraction of sp³-hybridized carbons (Fsp3) is 1.00. The maximum atomic E-state index is 10.7. The van der Waals surface area contributed by atoms with E-state index < -0.39 is 16.3 Å². The van der Waals surface area contributed by atoms with E-state index in [1.165, 1.54) is 13.5 Å². The Labute approximate surface area is 84.8 Å². The van der Waals surface area contributed by atoms with Gasteiger partial charge < -0.3 is 4.74 Å². The van der Waals surface area contributed by atoms with Crippen molar-refractivity contribution in [1.29, 1.82) is 0 Å². The lowest BCUT2D eigenvalue weighted by Gasteiger charge is -2.32. The smallest absolute Gasteiger partial charge is 0.268 e. The molecule has 5 nitrogen and oxygen atoms in total. The van der Waals surface area contributed by atoms with Crippen LogP contribution in [0.5, 0.6) is 0 Å². The van der Waals surface area contributed by atoms with Gasteiger partial charge in [-0.25, -0.2) is 0 Å². The van der Waals surface area contributed by atoms with Crippen LogP contribution in [0.3, 0.4) is 0 Å². The van der Waals surface area contributed by atoms with Gasteiger partial charge in [0.25, 0.3) is 10.1 Å². The highest BCUT2D eigenvalue weighted by atomic mass is 32.2.